The lowest BCUT2D eigenvalue weighted by Crippen LogP contribution is -2.14. The molecule has 1 N–H and O–H groups in total. The Balaban J connectivity index is 2.39. The molecule has 20 heavy (non-hydrogen) atoms. The van der Waals surface area contributed by atoms with Crippen LogP contribution >= 0.6 is 11.6 Å². The molecule has 0 saturated carbocycles. The highest BCUT2D eigenvalue weighted by Crippen LogP contribution is 2.21. The number of anilines is 1. The van der Waals surface area contributed by atoms with Gasteiger partial charge in [0.25, 0.3) is 10.0 Å². The summed E-state index contributed by atoms with van der Waals surface area (Å²) < 4.78 is 27.0. The van der Waals surface area contributed by atoms with Crippen LogP contribution in [0.25, 0.3) is 0 Å². The van der Waals surface area contributed by atoms with E-state index in [1.807, 2.05) is 6.07 Å². The van der Waals surface area contributed by atoms with Gasteiger partial charge in [0, 0.05) is 6.20 Å². The molecule has 2 aromatic rings. The zero-order valence-corrected chi connectivity index (χ0v) is 12.0. The Kier molecular flexibility index (Phi) is 3.93. The fraction of sp³-hybridized carbons (Fsp3) is 0.0769. The average Bonchev–Trinajstić information content (AvgIpc) is 2.37. The first-order chi connectivity index (χ1) is 9.42. The predicted molar refractivity (Wildman–Crippen MR) is 75.9 cm³/mol. The van der Waals surface area contributed by atoms with Crippen molar-refractivity contribution < 1.29 is 8.42 Å². The Labute approximate surface area is 121 Å². The number of halogens is 1. The molecule has 7 heteroatoms. The second kappa shape index (κ2) is 5.49. The first-order valence-corrected chi connectivity index (χ1v) is 7.43. The first-order valence-electron chi connectivity index (χ1n) is 5.57. The van der Waals surface area contributed by atoms with Crippen molar-refractivity contribution in [3.63, 3.8) is 0 Å². The number of nitrogens with one attached hydrogen (secondary N) is 1. The fourth-order valence-corrected chi connectivity index (χ4v) is 3.15. The van der Waals surface area contributed by atoms with E-state index in [1.54, 1.807) is 6.92 Å². The molecule has 0 aliphatic carbocycles. The van der Waals surface area contributed by atoms with Gasteiger partial charge in [-0.05, 0) is 42.8 Å². The summed E-state index contributed by atoms with van der Waals surface area (Å²) in [4.78, 5) is 3.89. The standard InChI is InChI=1S/C13H10ClN3O2S/c1-9-6-10(8-15)2-3-12(9)20(18,19)17-11-4-5-16-13(14)7-11/h2-7H,1H3,(H,16,17). The highest BCUT2D eigenvalue weighted by Gasteiger charge is 2.17. The normalized spacial score (nSPS) is 10.8. The summed E-state index contributed by atoms with van der Waals surface area (Å²) in [5, 5.41) is 8.98. The maximum absolute atomic E-state index is 12.3. The lowest BCUT2D eigenvalue weighted by atomic mass is 10.2. The van der Waals surface area contributed by atoms with Gasteiger partial charge in [0.2, 0.25) is 0 Å². The van der Waals surface area contributed by atoms with Gasteiger partial charge in [-0.25, -0.2) is 13.4 Å². The molecule has 0 atom stereocenters. The molecule has 2 rings (SSSR count). The van der Waals surface area contributed by atoms with Crippen molar-refractivity contribution in [1.82, 2.24) is 4.98 Å². The number of hydrogen-bond acceptors (Lipinski definition) is 4. The molecule has 0 unspecified atom stereocenters. The molecule has 1 heterocycles. The van der Waals surface area contributed by atoms with Gasteiger partial charge < -0.3 is 0 Å². The molecule has 0 fully saturated rings. The number of hydrogen-bond donors (Lipinski definition) is 1. The monoisotopic (exact) mass is 307 g/mol. The van der Waals surface area contributed by atoms with Gasteiger partial charge in [0.05, 0.1) is 22.2 Å². The number of nitrogens with zero attached hydrogens (tertiary/aromatic N) is 2. The average molecular weight is 308 g/mol. The summed E-state index contributed by atoms with van der Waals surface area (Å²) in [6, 6.07) is 9.26. The molecule has 1 aromatic heterocycles. The Morgan fingerprint density at radius 2 is 2.05 bits per heavy atom. The van der Waals surface area contributed by atoms with Crippen molar-refractivity contribution in [2.45, 2.75) is 11.8 Å². The molecule has 0 radical (unpaired) electrons. The van der Waals surface area contributed by atoms with Crippen LogP contribution in [0, 0.1) is 18.3 Å². The van der Waals surface area contributed by atoms with Crippen LogP contribution < -0.4 is 4.72 Å². The maximum Gasteiger partial charge on any atom is 0.262 e. The number of aryl methyl sites for hydroxylation is 1. The van der Waals surface area contributed by atoms with Gasteiger partial charge in [0.1, 0.15) is 5.15 Å². The second-order valence-electron chi connectivity index (χ2n) is 4.06. The number of sulfonamides is 1. The van der Waals surface area contributed by atoms with Crippen LogP contribution in [-0.2, 0) is 10.0 Å². The third-order valence-corrected chi connectivity index (χ3v) is 4.32. The third-order valence-electron chi connectivity index (χ3n) is 2.57. The minimum Gasteiger partial charge on any atom is -0.279 e. The minimum atomic E-state index is -3.73. The van der Waals surface area contributed by atoms with E-state index in [2.05, 4.69) is 9.71 Å². The van der Waals surface area contributed by atoms with Crippen molar-refractivity contribution in [2.24, 2.45) is 0 Å². The van der Waals surface area contributed by atoms with E-state index < -0.39 is 10.0 Å². The van der Waals surface area contributed by atoms with E-state index in [4.69, 9.17) is 16.9 Å². The quantitative estimate of drug-likeness (QED) is 0.884. The van der Waals surface area contributed by atoms with Crippen molar-refractivity contribution in [3.8, 4) is 6.07 Å². The maximum atomic E-state index is 12.3. The molecule has 0 aliphatic rings. The molecule has 102 valence electrons. The van der Waals surface area contributed by atoms with E-state index in [0.29, 0.717) is 16.8 Å². The van der Waals surface area contributed by atoms with Gasteiger partial charge in [-0.2, -0.15) is 5.26 Å². The smallest absolute Gasteiger partial charge is 0.262 e. The number of nitriles is 1. The fourth-order valence-electron chi connectivity index (χ4n) is 1.70. The minimum absolute atomic E-state index is 0.115. The molecule has 0 saturated heterocycles. The van der Waals surface area contributed by atoms with Gasteiger partial charge in [0.15, 0.2) is 0 Å². The van der Waals surface area contributed by atoms with Crippen LogP contribution in [0.3, 0.4) is 0 Å². The predicted octanol–water partition coefficient (Wildman–Crippen LogP) is 2.72. The van der Waals surface area contributed by atoms with E-state index >= 15 is 0 Å². The van der Waals surface area contributed by atoms with Crippen molar-refractivity contribution in [2.75, 3.05) is 4.72 Å². The van der Waals surface area contributed by atoms with Crippen molar-refractivity contribution in [1.29, 1.82) is 5.26 Å². The van der Waals surface area contributed by atoms with Crippen LogP contribution in [0.4, 0.5) is 5.69 Å². The van der Waals surface area contributed by atoms with Gasteiger partial charge >= 0.3 is 0 Å². The van der Waals surface area contributed by atoms with Crippen LogP contribution in [0.5, 0.6) is 0 Å². The largest absolute Gasteiger partial charge is 0.279 e. The number of pyridine rings is 1. The summed E-state index contributed by atoms with van der Waals surface area (Å²) in [6.45, 7) is 1.63. The summed E-state index contributed by atoms with van der Waals surface area (Å²) in [5.74, 6) is 0. The lowest BCUT2D eigenvalue weighted by molar-refractivity contribution is 0.600. The summed E-state index contributed by atoms with van der Waals surface area (Å²) in [6.07, 6.45) is 1.41. The molecule has 0 bridgehead atoms. The van der Waals surface area contributed by atoms with Crippen LogP contribution in [0.2, 0.25) is 5.15 Å². The topological polar surface area (TPSA) is 82.8 Å². The van der Waals surface area contributed by atoms with Crippen LogP contribution in [-0.4, -0.2) is 13.4 Å². The SMILES string of the molecule is Cc1cc(C#N)ccc1S(=O)(=O)Nc1ccnc(Cl)c1. The van der Waals surface area contributed by atoms with Crippen molar-refractivity contribution in [3.05, 3.63) is 52.8 Å². The van der Waals surface area contributed by atoms with Gasteiger partial charge in [-0.1, -0.05) is 11.6 Å². The zero-order valence-electron chi connectivity index (χ0n) is 10.5. The summed E-state index contributed by atoms with van der Waals surface area (Å²) in [5.41, 5.74) is 1.24. The molecule has 0 aliphatic heterocycles. The van der Waals surface area contributed by atoms with Gasteiger partial charge in [-0.3, -0.25) is 4.72 Å². The number of aromatic nitrogens is 1. The Bertz CT molecular complexity index is 798. The second-order valence-corrected chi connectivity index (χ2v) is 6.10. The summed E-state index contributed by atoms with van der Waals surface area (Å²) >= 11 is 5.71. The number of rotatable bonds is 3. The van der Waals surface area contributed by atoms with E-state index in [0.717, 1.165) is 0 Å². The lowest BCUT2D eigenvalue weighted by Gasteiger charge is -2.10. The highest BCUT2D eigenvalue weighted by molar-refractivity contribution is 7.92. The van der Waals surface area contributed by atoms with Crippen LogP contribution in [0.15, 0.2) is 41.4 Å². The third kappa shape index (κ3) is 3.07. The summed E-state index contributed by atoms with van der Waals surface area (Å²) in [7, 11) is -3.73. The molecule has 1 aromatic carbocycles. The highest BCUT2D eigenvalue weighted by atomic mass is 35.5. The molecule has 0 spiro atoms. The zero-order chi connectivity index (χ0) is 14.8. The van der Waals surface area contributed by atoms with Crippen molar-refractivity contribution >= 4 is 27.3 Å². The Hall–Kier alpha value is -2.10. The molecule has 0 amide bonds. The number of benzene rings is 1. The van der Waals surface area contributed by atoms with E-state index in [1.165, 1.54) is 36.5 Å². The Morgan fingerprint density at radius 1 is 1.30 bits per heavy atom. The van der Waals surface area contributed by atoms with E-state index in [9.17, 15) is 8.42 Å². The molecular weight excluding hydrogens is 298 g/mol. The van der Waals surface area contributed by atoms with Crippen LogP contribution in [0.1, 0.15) is 11.1 Å². The van der Waals surface area contributed by atoms with Gasteiger partial charge in [-0.15, -0.1) is 0 Å². The first kappa shape index (κ1) is 14.3. The van der Waals surface area contributed by atoms with E-state index in [-0.39, 0.29) is 10.0 Å². The molecular formula is C13H10ClN3O2S. The molecule has 5 nitrogen and oxygen atoms in total. The Morgan fingerprint density at radius 3 is 2.65 bits per heavy atom.